The van der Waals surface area contributed by atoms with Crippen molar-refractivity contribution >= 4 is 15.9 Å². The van der Waals surface area contributed by atoms with Gasteiger partial charge in [-0.1, -0.05) is 6.07 Å². The van der Waals surface area contributed by atoms with Crippen LogP contribution in [-0.4, -0.2) is 39.4 Å². The molecular weight excluding hydrogens is 252 g/mol. The predicted octanol–water partition coefficient (Wildman–Crippen LogP) is 0.749. The molecular formula is C12H16N2O3S. The number of carbonyl (C=O) groups excluding carboxylic acids is 1. The Kier molecular flexibility index (Phi) is 3.41. The van der Waals surface area contributed by atoms with E-state index >= 15 is 0 Å². The van der Waals surface area contributed by atoms with Gasteiger partial charge in [-0.15, -0.1) is 0 Å². The van der Waals surface area contributed by atoms with Gasteiger partial charge >= 0.3 is 0 Å². The summed E-state index contributed by atoms with van der Waals surface area (Å²) in [4.78, 5) is 14.0. The smallest absolute Gasteiger partial charge is 0.254 e. The molecule has 2 rings (SSSR count). The van der Waals surface area contributed by atoms with E-state index in [1.54, 1.807) is 11.0 Å². The van der Waals surface area contributed by atoms with Crippen molar-refractivity contribution in [1.29, 1.82) is 0 Å². The zero-order valence-corrected chi connectivity index (χ0v) is 11.3. The SMILES string of the molecule is CNS(=O)(=O)c1ccc(C)c(C(=O)N2CCC2)c1. The number of nitrogens with one attached hydrogen (secondary N) is 1. The summed E-state index contributed by atoms with van der Waals surface area (Å²) in [6, 6.07) is 4.62. The lowest BCUT2D eigenvalue weighted by Gasteiger charge is -2.31. The van der Waals surface area contributed by atoms with E-state index in [-0.39, 0.29) is 10.8 Å². The van der Waals surface area contributed by atoms with E-state index in [1.165, 1.54) is 19.2 Å². The van der Waals surface area contributed by atoms with Crippen molar-refractivity contribution in [2.24, 2.45) is 0 Å². The third kappa shape index (κ3) is 2.26. The molecule has 0 bridgehead atoms. The van der Waals surface area contributed by atoms with Crippen molar-refractivity contribution in [3.8, 4) is 0 Å². The van der Waals surface area contributed by atoms with Crippen LogP contribution in [0.25, 0.3) is 0 Å². The van der Waals surface area contributed by atoms with Crippen molar-refractivity contribution in [2.45, 2.75) is 18.2 Å². The Morgan fingerprint density at radius 3 is 2.50 bits per heavy atom. The van der Waals surface area contributed by atoms with Crippen LogP contribution in [0.15, 0.2) is 23.1 Å². The van der Waals surface area contributed by atoms with Crippen molar-refractivity contribution in [1.82, 2.24) is 9.62 Å². The molecule has 98 valence electrons. The Bertz CT molecular complexity index is 577. The van der Waals surface area contributed by atoms with Crippen molar-refractivity contribution in [3.05, 3.63) is 29.3 Å². The minimum Gasteiger partial charge on any atom is -0.339 e. The monoisotopic (exact) mass is 268 g/mol. The highest BCUT2D eigenvalue weighted by atomic mass is 32.2. The molecule has 0 unspecified atom stereocenters. The summed E-state index contributed by atoms with van der Waals surface area (Å²) < 4.78 is 25.7. The first-order valence-electron chi connectivity index (χ1n) is 5.79. The molecule has 1 aromatic rings. The number of sulfonamides is 1. The van der Waals surface area contributed by atoms with Crippen LogP contribution in [0.2, 0.25) is 0 Å². The van der Waals surface area contributed by atoms with Crippen LogP contribution >= 0.6 is 0 Å². The van der Waals surface area contributed by atoms with Crippen LogP contribution < -0.4 is 4.72 Å². The van der Waals surface area contributed by atoms with E-state index in [0.717, 1.165) is 25.1 Å². The molecule has 1 heterocycles. The summed E-state index contributed by atoms with van der Waals surface area (Å²) in [5, 5.41) is 0. The molecule has 1 amide bonds. The van der Waals surface area contributed by atoms with Crippen molar-refractivity contribution in [2.75, 3.05) is 20.1 Å². The molecule has 1 aliphatic rings. The fourth-order valence-electron chi connectivity index (χ4n) is 1.81. The summed E-state index contributed by atoms with van der Waals surface area (Å²) in [6.45, 7) is 3.31. The molecule has 5 nitrogen and oxygen atoms in total. The number of likely N-dealkylation sites (tertiary alicyclic amines) is 1. The van der Waals surface area contributed by atoms with Crippen LogP contribution in [0.1, 0.15) is 22.3 Å². The number of hydrogen-bond acceptors (Lipinski definition) is 3. The van der Waals surface area contributed by atoms with Crippen LogP contribution in [0.5, 0.6) is 0 Å². The molecule has 0 atom stereocenters. The minimum atomic E-state index is -3.51. The van der Waals surface area contributed by atoms with E-state index in [1.807, 2.05) is 6.92 Å². The largest absolute Gasteiger partial charge is 0.339 e. The van der Waals surface area contributed by atoms with Gasteiger partial charge < -0.3 is 4.90 Å². The topological polar surface area (TPSA) is 66.5 Å². The maximum atomic E-state index is 12.1. The van der Waals surface area contributed by atoms with E-state index < -0.39 is 10.0 Å². The lowest BCUT2D eigenvalue weighted by molar-refractivity contribution is 0.0651. The molecule has 18 heavy (non-hydrogen) atoms. The van der Waals surface area contributed by atoms with Crippen LogP contribution in [0, 0.1) is 6.92 Å². The molecule has 1 aromatic carbocycles. The summed E-state index contributed by atoms with van der Waals surface area (Å²) in [5.41, 5.74) is 1.26. The molecule has 0 radical (unpaired) electrons. The Hall–Kier alpha value is -1.40. The number of benzene rings is 1. The van der Waals surface area contributed by atoms with E-state index in [2.05, 4.69) is 4.72 Å². The van der Waals surface area contributed by atoms with Gasteiger partial charge in [0.1, 0.15) is 0 Å². The number of aryl methyl sites for hydroxylation is 1. The lowest BCUT2D eigenvalue weighted by atomic mass is 10.1. The van der Waals surface area contributed by atoms with Crippen LogP contribution in [-0.2, 0) is 10.0 Å². The molecule has 0 spiro atoms. The predicted molar refractivity (Wildman–Crippen MR) is 67.9 cm³/mol. The third-order valence-corrected chi connectivity index (χ3v) is 4.57. The zero-order valence-electron chi connectivity index (χ0n) is 10.4. The van der Waals surface area contributed by atoms with Crippen molar-refractivity contribution < 1.29 is 13.2 Å². The number of amides is 1. The maximum Gasteiger partial charge on any atom is 0.254 e. The summed E-state index contributed by atoms with van der Waals surface area (Å²) >= 11 is 0. The van der Waals surface area contributed by atoms with E-state index in [4.69, 9.17) is 0 Å². The van der Waals surface area contributed by atoms with Gasteiger partial charge in [0.05, 0.1) is 4.90 Å². The highest BCUT2D eigenvalue weighted by Crippen LogP contribution is 2.19. The normalized spacial score (nSPS) is 15.3. The van der Waals surface area contributed by atoms with Gasteiger partial charge in [-0.3, -0.25) is 4.79 Å². The average molecular weight is 268 g/mol. The van der Waals surface area contributed by atoms with Crippen molar-refractivity contribution in [3.63, 3.8) is 0 Å². The Morgan fingerprint density at radius 1 is 1.33 bits per heavy atom. The van der Waals surface area contributed by atoms with Gasteiger partial charge in [0.2, 0.25) is 10.0 Å². The molecule has 0 aromatic heterocycles. The first kappa shape index (κ1) is 13.0. The number of hydrogen-bond donors (Lipinski definition) is 1. The third-order valence-electron chi connectivity index (χ3n) is 3.16. The lowest BCUT2D eigenvalue weighted by Crippen LogP contribution is -2.42. The van der Waals surface area contributed by atoms with Gasteiger partial charge in [-0.25, -0.2) is 13.1 Å². The van der Waals surface area contributed by atoms with E-state index in [0.29, 0.717) is 5.56 Å². The number of rotatable bonds is 3. The fourth-order valence-corrected chi connectivity index (χ4v) is 2.56. The van der Waals surface area contributed by atoms with Crippen LogP contribution in [0.4, 0.5) is 0 Å². The highest BCUT2D eigenvalue weighted by Gasteiger charge is 2.24. The maximum absolute atomic E-state index is 12.1. The molecule has 1 aliphatic heterocycles. The molecule has 1 fully saturated rings. The molecule has 6 heteroatoms. The summed E-state index contributed by atoms with van der Waals surface area (Å²) in [6.07, 6.45) is 1.01. The quantitative estimate of drug-likeness (QED) is 0.879. The summed E-state index contributed by atoms with van der Waals surface area (Å²) in [5.74, 6) is -0.0908. The Morgan fingerprint density at radius 2 is 2.00 bits per heavy atom. The van der Waals surface area contributed by atoms with Gasteiger partial charge in [0.25, 0.3) is 5.91 Å². The van der Waals surface area contributed by atoms with Crippen LogP contribution in [0.3, 0.4) is 0 Å². The Labute approximate surface area is 107 Å². The van der Waals surface area contributed by atoms with Gasteiger partial charge in [0.15, 0.2) is 0 Å². The summed E-state index contributed by atoms with van der Waals surface area (Å²) in [7, 11) is -2.15. The van der Waals surface area contributed by atoms with Gasteiger partial charge in [0, 0.05) is 18.7 Å². The second-order valence-electron chi connectivity index (χ2n) is 4.33. The fraction of sp³-hybridized carbons (Fsp3) is 0.417. The second-order valence-corrected chi connectivity index (χ2v) is 6.22. The minimum absolute atomic E-state index is 0.0908. The Balaban J connectivity index is 2.41. The number of nitrogens with zero attached hydrogens (tertiary/aromatic N) is 1. The average Bonchev–Trinajstić information content (AvgIpc) is 2.26. The van der Waals surface area contributed by atoms with E-state index in [9.17, 15) is 13.2 Å². The van der Waals surface area contributed by atoms with Gasteiger partial charge in [-0.2, -0.15) is 0 Å². The molecule has 1 N–H and O–H groups in total. The standard InChI is InChI=1S/C12H16N2O3S/c1-9-4-5-10(18(16,17)13-2)8-11(9)12(15)14-6-3-7-14/h4-5,8,13H,3,6-7H2,1-2H3. The first-order chi connectivity index (χ1) is 8.45. The second kappa shape index (κ2) is 4.70. The number of carbonyl (C=O) groups is 1. The van der Waals surface area contributed by atoms with Gasteiger partial charge in [-0.05, 0) is 38.1 Å². The molecule has 0 saturated carbocycles. The highest BCUT2D eigenvalue weighted by molar-refractivity contribution is 7.89. The molecule has 1 saturated heterocycles. The molecule has 0 aliphatic carbocycles. The zero-order chi connectivity index (χ0) is 13.3. The first-order valence-corrected chi connectivity index (χ1v) is 7.27.